The second kappa shape index (κ2) is 5.01. The Morgan fingerprint density at radius 2 is 2.00 bits per heavy atom. The second-order valence-corrected chi connectivity index (χ2v) is 3.82. The van der Waals surface area contributed by atoms with Crippen molar-refractivity contribution in [3.63, 3.8) is 0 Å². The summed E-state index contributed by atoms with van der Waals surface area (Å²) >= 11 is 0. The van der Waals surface area contributed by atoms with Crippen LogP contribution in [0.5, 0.6) is 5.75 Å². The summed E-state index contributed by atoms with van der Waals surface area (Å²) in [5, 5.41) is 9.26. The number of aromatic nitrogens is 1. The molecule has 0 fully saturated rings. The number of phenolic OH excluding ortho intramolecular Hbond substituents is 1. The summed E-state index contributed by atoms with van der Waals surface area (Å²) in [4.78, 5) is 4.44. The molecule has 0 atom stereocenters. The van der Waals surface area contributed by atoms with Gasteiger partial charge in [-0.25, -0.2) is 4.98 Å². The van der Waals surface area contributed by atoms with Crippen molar-refractivity contribution in [3.8, 4) is 17.0 Å². The Balaban J connectivity index is 2.39. The Kier molecular flexibility index (Phi) is 3.44. The zero-order valence-electron chi connectivity index (χ0n) is 9.81. The topological polar surface area (TPSA) is 72.3 Å². The van der Waals surface area contributed by atoms with Crippen LogP contribution < -0.4 is 5.73 Å². The molecule has 0 unspecified atom stereocenters. The Labute approximate surface area is 100 Å². The first-order valence-corrected chi connectivity index (χ1v) is 5.72. The molecule has 0 aliphatic heterocycles. The van der Waals surface area contributed by atoms with Crippen LogP contribution in [0.4, 0.5) is 0 Å². The van der Waals surface area contributed by atoms with Gasteiger partial charge < -0.3 is 15.3 Å². The first kappa shape index (κ1) is 11.7. The van der Waals surface area contributed by atoms with Crippen LogP contribution in [0.15, 0.2) is 28.7 Å². The fourth-order valence-corrected chi connectivity index (χ4v) is 1.72. The Hall–Kier alpha value is -1.81. The number of nitrogens with zero attached hydrogens (tertiary/aromatic N) is 1. The average molecular weight is 232 g/mol. The highest BCUT2D eigenvalue weighted by Crippen LogP contribution is 2.26. The number of aryl methyl sites for hydroxylation is 1. The van der Waals surface area contributed by atoms with Crippen molar-refractivity contribution in [1.29, 1.82) is 0 Å². The summed E-state index contributed by atoms with van der Waals surface area (Å²) in [5.74, 6) is 1.78. The molecule has 0 saturated carbocycles. The van der Waals surface area contributed by atoms with Gasteiger partial charge in [-0.1, -0.05) is 6.92 Å². The van der Waals surface area contributed by atoms with E-state index in [1.807, 2.05) is 19.1 Å². The summed E-state index contributed by atoms with van der Waals surface area (Å²) < 4.78 is 5.64. The van der Waals surface area contributed by atoms with Gasteiger partial charge in [0.25, 0.3) is 0 Å². The second-order valence-electron chi connectivity index (χ2n) is 3.82. The standard InChI is InChI=1S/C13H16N2O2/c1-2-11-13(15-12(17-11)7-8-14)9-3-5-10(16)6-4-9/h3-6,16H,2,7-8,14H2,1H3. The minimum absolute atomic E-state index is 0.248. The number of aromatic hydroxyl groups is 1. The predicted octanol–water partition coefficient (Wildman–Crippen LogP) is 2.11. The lowest BCUT2D eigenvalue weighted by Gasteiger charge is -1.98. The third kappa shape index (κ3) is 2.47. The van der Waals surface area contributed by atoms with E-state index in [1.54, 1.807) is 12.1 Å². The molecule has 0 amide bonds. The highest BCUT2D eigenvalue weighted by atomic mass is 16.4. The first-order chi connectivity index (χ1) is 8.24. The molecule has 0 aliphatic rings. The zero-order chi connectivity index (χ0) is 12.3. The number of nitrogens with two attached hydrogens (primary N) is 1. The van der Waals surface area contributed by atoms with E-state index in [0.717, 1.165) is 23.4 Å². The molecule has 0 spiro atoms. The molecule has 17 heavy (non-hydrogen) atoms. The Bertz CT molecular complexity index is 489. The van der Waals surface area contributed by atoms with Crippen LogP contribution >= 0.6 is 0 Å². The Morgan fingerprint density at radius 3 is 2.59 bits per heavy atom. The fourth-order valence-electron chi connectivity index (χ4n) is 1.72. The molecular formula is C13H16N2O2. The lowest BCUT2D eigenvalue weighted by atomic mass is 10.1. The van der Waals surface area contributed by atoms with Crippen molar-refractivity contribution in [2.75, 3.05) is 6.54 Å². The van der Waals surface area contributed by atoms with Gasteiger partial charge in [0.2, 0.25) is 0 Å². The zero-order valence-corrected chi connectivity index (χ0v) is 9.81. The van der Waals surface area contributed by atoms with Crippen molar-refractivity contribution in [3.05, 3.63) is 35.9 Å². The molecule has 4 heteroatoms. The molecule has 2 rings (SSSR count). The molecule has 0 radical (unpaired) electrons. The van der Waals surface area contributed by atoms with Crippen LogP contribution in [0, 0.1) is 0 Å². The molecule has 0 aliphatic carbocycles. The van der Waals surface area contributed by atoms with Crippen molar-refractivity contribution in [1.82, 2.24) is 4.98 Å². The summed E-state index contributed by atoms with van der Waals surface area (Å²) in [7, 11) is 0. The van der Waals surface area contributed by atoms with Gasteiger partial charge >= 0.3 is 0 Å². The summed E-state index contributed by atoms with van der Waals surface area (Å²) in [6.07, 6.45) is 1.43. The Morgan fingerprint density at radius 1 is 1.29 bits per heavy atom. The SMILES string of the molecule is CCc1oc(CCN)nc1-c1ccc(O)cc1. The molecule has 90 valence electrons. The molecule has 1 heterocycles. The molecule has 1 aromatic heterocycles. The highest BCUT2D eigenvalue weighted by molar-refractivity contribution is 5.62. The molecule has 0 bridgehead atoms. The molecule has 4 nitrogen and oxygen atoms in total. The van der Waals surface area contributed by atoms with Crippen LogP contribution in [0.1, 0.15) is 18.6 Å². The van der Waals surface area contributed by atoms with E-state index < -0.39 is 0 Å². The number of rotatable bonds is 4. The molecule has 1 aromatic carbocycles. The van der Waals surface area contributed by atoms with Crippen LogP contribution in [0.25, 0.3) is 11.3 Å². The molecule has 3 N–H and O–H groups in total. The van der Waals surface area contributed by atoms with E-state index in [1.165, 1.54) is 0 Å². The third-order valence-corrected chi connectivity index (χ3v) is 2.56. The maximum Gasteiger partial charge on any atom is 0.196 e. The van der Waals surface area contributed by atoms with Gasteiger partial charge in [-0.2, -0.15) is 0 Å². The largest absolute Gasteiger partial charge is 0.508 e. The predicted molar refractivity (Wildman–Crippen MR) is 65.7 cm³/mol. The van der Waals surface area contributed by atoms with Gasteiger partial charge in [0.05, 0.1) is 0 Å². The van der Waals surface area contributed by atoms with Crippen LogP contribution in [0.3, 0.4) is 0 Å². The summed E-state index contributed by atoms with van der Waals surface area (Å²) in [6.45, 7) is 2.55. The normalized spacial score (nSPS) is 10.7. The number of hydrogen-bond acceptors (Lipinski definition) is 4. The number of oxazole rings is 1. The van der Waals surface area contributed by atoms with E-state index in [-0.39, 0.29) is 5.75 Å². The number of benzene rings is 1. The molecular weight excluding hydrogens is 216 g/mol. The van der Waals surface area contributed by atoms with Crippen molar-refractivity contribution in [2.45, 2.75) is 19.8 Å². The van der Waals surface area contributed by atoms with E-state index in [0.29, 0.717) is 18.9 Å². The average Bonchev–Trinajstić information content (AvgIpc) is 2.74. The third-order valence-electron chi connectivity index (χ3n) is 2.56. The highest BCUT2D eigenvalue weighted by Gasteiger charge is 2.12. The summed E-state index contributed by atoms with van der Waals surface area (Å²) in [5.41, 5.74) is 7.28. The van der Waals surface area contributed by atoms with E-state index in [9.17, 15) is 5.11 Å². The quantitative estimate of drug-likeness (QED) is 0.846. The van der Waals surface area contributed by atoms with E-state index in [4.69, 9.17) is 10.2 Å². The lowest BCUT2D eigenvalue weighted by Crippen LogP contribution is -2.02. The van der Waals surface area contributed by atoms with Gasteiger partial charge in [0.1, 0.15) is 17.2 Å². The van der Waals surface area contributed by atoms with E-state index in [2.05, 4.69) is 4.98 Å². The van der Waals surface area contributed by atoms with Crippen LogP contribution in [-0.4, -0.2) is 16.6 Å². The van der Waals surface area contributed by atoms with Crippen molar-refractivity contribution >= 4 is 0 Å². The van der Waals surface area contributed by atoms with E-state index >= 15 is 0 Å². The van der Waals surface area contributed by atoms with Crippen LogP contribution in [0.2, 0.25) is 0 Å². The smallest absolute Gasteiger partial charge is 0.196 e. The van der Waals surface area contributed by atoms with Crippen molar-refractivity contribution in [2.24, 2.45) is 5.73 Å². The number of hydrogen-bond donors (Lipinski definition) is 2. The number of phenols is 1. The maximum absolute atomic E-state index is 9.26. The van der Waals surface area contributed by atoms with Gasteiger partial charge in [-0.15, -0.1) is 0 Å². The minimum atomic E-state index is 0.248. The van der Waals surface area contributed by atoms with Crippen LogP contribution in [-0.2, 0) is 12.8 Å². The molecule has 2 aromatic rings. The van der Waals surface area contributed by atoms with Crippen molar-refractivity contribution < 1.29 is 9.52 Å². The van der Waals surface area contributed by atoms with Gasteiger partial charge in [0.15, 0.2) is 5.89 Å². The van der Waals surface area contributed by atoms with Gasteiger partial charge in [-0.3, -0.25) is 0 Å². The first-order valence-electron chi connectivity index (χ1n) is 5.72. The lowest BCUT2D eigenvalue weighted by molar-refractivity contribution is 0.460. The molecule has 0 saturated heterocycles. The van der Waals surface area contributed by atoms with Gasteiger partial charge in [-0.05, 0) is 24.3 Å². The maximum atomic E-state index is 9.26. The van der Waals surface area contributed by atoms with Gasteiger partial charge in [0, 0.05) is 24.9 Å². The minimum Gasteiger partial charge on any atom is -0.508 e. The summed E-state index contributed by atoms with van der Waals surface area (Å²) in [6, 6.07) is 6.95. The monoisotopic (exact) mass is 232 g/mol. The fraction of sp³-hybridized carbons (Fsp3) is 0.308.